The number of esters is 1. The second-order valence-corrected chi connectivity index (χ2v) is 6.48. The van der Waals surface area contributed by atoms with Gasteiger partial charge in [-0.3, -0.25) is 4.79 Å². The first-order valence-electron chi connectivity index (χ1n) is 7.39. The van der Waals surface area contributed by atoms with E-state index in [0.29, 0.717) is 10.9 Å². The van der Waals surface area contributed by atoms with Gasteiger partial charge < -0.3 is 10.1 Å². The molecule has 6 heteroatoms. The Morgan fingerprint density at radius 3 is 2.68 bits per heavy atom. The Hall–Kier alpha value is -1.26. The van der Waals surface area contributed by atoms with Gasteiger partial charge >= 0.3 is 5.97 Å². The Labute approximate surface area is 140 Å². The number of carbonyl (C=O) groups is 2. The van der Waals surface area contributed by atoms with Crippen molar-refractivity contribution in [3.8, 4) is 0 Å². The molecule has 1 aliphatic carbocycles. The maximum absolute atomic E-state index is 11.9. The third-order valence-electron chi connectivity index (χ3n) is 3.94. The molecule has 0 radical (unpaired) electrons. The molecule has 1 aromatic rings. The molecular formula is C16H19Cl2NO3. The number of hydrogen-bond donors (Lipinski definition) is 1. The van der Waals surface area contributed by atoms with Crippen LogP contribution in [-0.2, 0) is 9.53 Å². The predicted molar refractivity (Wildman–Crippen MR) is 86.3 cm³/mol. The summed E-state index contributed by atoms with van der Waals surface area (Å²) in [5, 5.41) is 3.57. The fraction of sp³-hybridized carbons (Fsp3) is 0.500. The zero-order valence-electron chi connectivity index (χ0n) is 12.4. The molecule has 0 saturated heterocycles. The molecule has 2 atom stereocenters. The molecule has 1 saturated carbocycles. The second kappa shape index (κ2) is 7.84. The maximum atomic E-state index is 11.9. The average Bonchev–Trinajstić information content (AvgIpc) is 2.47. The molecule has 0 heterocycles. The molecule has 4 nitrogen and oxygen atoms in total. The fourth-order valence-electron chi connectivity index (χ4n) is 2.64. The number of benzene rings is 1. The summed E-state index contributed by atoms with van der Waals surface area (Å²) < 4.78 is 5.01. The minimum absolute atomic E-state index is 0.166. The van der Waals surface area contributed by atoms with E-state index in [1.165, 1.54) is 18.6 Å². The van der Waals surface area contributed by atoms with Gasteiger partial charge in [0.15, 0.2) is 6.61 Å². The molecule has 0 unspecified atom stereocenters. The molecule has 1 aliphatic rings. The highest BCUT2D eigenvalue weighted by Gasteiger charge is 2.23. The number of amides is 1. The Morgan fingerprint density at radius 2 is 2.00 bits per heavy atom. The highest BCUT2D eigenvalue weighted by molar-refractivity contribution is 6.36. The predicted octanol–water partition coefficient (Wildman–Crippen LogP) is 3.85. The molecule has 0 aliphatic heterocycles. The van der Waals surface area contributed by atoms with Crippen LogP contribution in [0.3, 0.4) is 0 Å². The highest BCUT2D eigenvalue weighted by atomic mass is 35.5. The van der Waals surface area contributed by atoms with E-state index in [0.717, 1.165) is 19.3 Å². The summed E-state index contributed by atoms with van der Waals surface area (Å²) in [6, 6.07) is 4.66. The van der Waals surface area contributed by atoms with Gasteiger partial charge in [0, 0.05) is 11.1 Å². The molecule has 0 bridgehead atoms. The van der Waals surface area contributed by atoms with E-state index < -0.39 is 5.97 Å². The quantitative estimate of drug-likeness (QED) is 0.845. The summed E-state index contributed by atoms with van der Waals surface area (Å²) in [6.45, 7) is 1.82. The minimum atomic E-state index is -0.631. The monoisotopic (exact) mass is 343 g/mol. The zero-order chi connectivity index (χ0) is 16.1. The van der Waals surface area contributed by atoms with Crippen LogP contribution in [0.5, 0.6) is 0 Å². The first kappa shape index (κ1) is 17.1. The van der Waals surface area contributed by atoms with Crippen LogP contribution in [0.25, 0.3) is 0 Å². The number of hydrogen-bond acceptors (Lipinski definition) is 3. The first-order valence-corrected chi connectivity index (χ1v) is 8.14. The Bertz CT molecular complexity index is 562. The van der Waals surface area contributed by atoms with Crippen molar-refractivity contribution in [2.24, 2.45) is 5.92 Å². The standard InChI is InChI=1S/C16H19Cl2NO3/c1-10-4-2-3-5-14(10)19-15(20)9-22-16(21)12-7-6-11(17)8-13(12)18/h6-8,10,14H,2-5,9H2,1H3,(H,19,20)/t10-,14+/m1/s1. The molecule has 2 rings (SSSR count). The van der Waals surface area contributed by atoms with Crippen molar-refractivity contribution in [2.45, 2.75) is 38.6 Å². The zero-order valence-corrected chi connectivity index (χ0v) is 13.9. The SMILES string of the molecule is C[C@@H]1CCCC[C@@H]1NC(=O)COC(=O)c1ccc(Cl)cc1Cl. The molecule has 0 spiro atoms. The number of rotatable bonds is 4. The van der Waals surface area contributed by atoms with E-state index in [1.807, 2.05) is 0 Å². The summed E-state index contributed by atoms with van der Waals surface area (Å²) in [5.41, 5.74) is 0.199. The van der Waals surface area contributed by atoms with Gasteiger partial charge in [0.25, 0.3) is 5.91 Å². The van der Waals surface area contributed by atoms with E-state index >= 15 is 0 Å². The number of ether oxygens (including phenoxy) is 1. The summed E-state index contributed by atoms with van der Waals surface area (Å²) >= 11 is 11.7. The van der Waals surface area contributed by atoms with Crippen LogP contribution in [-0.4, -0.2) is 24.5 Å². The average molecular weight is 344 g/mol. The molecule has 1 fully saturated rings. The van der Waals surface area contributed by atoms with Crippen LogP contribution >= 0.6 is 23.2 Å². The Morgan fingerprint density at radius 1 is 1.27 bits per heavy atom. The van der Waals surface area contributed by atoms with Gasteiger partial charge in [0.2, 0.25) is 0 Å². The normalized spacial score (nSPS) is 21.2. The van der Waals surface area contributed by atoms with E-state index in [4.69, 9.17) is 27.9 Å². The smallest absolute Gasteiger partial charge is 0.340 e. The maximum Gasteiger partial charge on any atom is 0.340 e. The summed E-state index contributed by atoms with van der Waals surface area (Å²) in [6.07, 6.45) is 4.42. The third-order valence-corrected chi connectivity index (χ3v) is 4.49. The van der Waals surface area contributed by atoms with Gasteiger partial charge in [-0.1, -0.05) is 43.0 Å². The Kier molecular flexibility index (Phi) is 6.09. The third kappa shape index (κ3) is 4.62. The van der Waals surface area contributed by atoms with Crippen molar-refractivity contribution in [2.75, 3.05) is 6.61 Å². The van der Waals surface area contributed by atoms with Crippen molar-refractivity contribution in [3.05, 3.63) is 33.8 Å². The van der Waals surface area contributed by atoms with Gasteiger partial charge in [-0.25, -0.2) is 4.79 Å². The molecular weight excluding hydrogens is 325 g/mol. The van der Waals surface area contributed by atoms with E-state index in [2.05, 4.69) is 12.2 Å². The van der Waals surface area contributed by atoms with Gasteiger partial charge in [0.05, 0.1) is 10.6 Å². The molecule has 1 amide bonds. The van der Waals surface area contributed by atoms with E-state index in [9.17, 15) is 9.59 Å². The largest absolute Gasteiger partial charge is 0.452 e. The lowest BCUT2D eigenvalue weighted by Crippen LogP contribution is -2.42. The van der Waals surface area contributed by atoms with Gasteiger partial charge in [-0.2, -0.15) is 0 Å². The molecule has 1 N–H and O–H groups in total. The van der Waals surface area contributed by atoms with E-state index in [-0.39, 0.29) is 29.1 Å². The molecule has 22 heavy (non-hydrogen) atoms. The lowest BCUT2D eigenvalue weighted by molar-refractivity contribution is -0.125. The van der Waals surface area contributed by atoms with Crippen molar-refractivity contribution in [1.82, 2.24) is 5.32 Å². The molecule has 120 valence electrons. The Balaban J connectivity index is 1.84. The summed E-state index contributed by atoms with van der Waals surface area (Å²) in [4.78, 5) is 23.8. The van der Waals surface area contributed by atoms with Crippen molar-refractivity contribution >= 4 is 35.1 Å². The second-order valence-electron chi connectivity index (χ2n) is 5.64. The van der Waals surface area contributed by atoms with Gasteiger partial charge in [0.1, 0.15) is 0 Å². The number of carbonyl (C=O) groups excluding carboxylic acids is 2. The van der Waals surface area contributed by atoms with Crippen LogP contribution < -0.4 is 5.32 Å². The van der Waals surface area contributed by atoms with Crippen molar-refractivity contribution < 1.29 is 14.3 Å². The fourth-order valence-corrected chi connectivity index (χ4v) is 3.13. The lowest BCUT2D eigenvalue weighted by atomic mass is 9.86. The highest BCUT2D eigenvalue weighted by Crippen LogP contribution is 2.24. The van der Waals surface area contributed by atoms with Crippen LogP contribution in [0.15, 0.2) is 18.2 Å². The lowest BCUT2D eigenvalue weighted by Gasteiger charge is -2.29. The van der Waals surface area contributed by atoms with Gasteiger partial charge in [-0.15, -0.1) is 0 Å². The summed E-state index contributed by atoms with van der Waals surface area (Å²) in [5.74, 6) is -0.454. The van der Waals surface area contributed by atoms with Gasteiger partial charge in [-0.05, 0) is 37.0 Å². The van der Waals surface area contributed by atoms with Crippen LogP contribution in [0, 0.1) is 5.92 Å². The van der Waals surface area contributed by atoms with E-state index in [1.54, 1.807) is 6.07 Å². The molecule has 0 aromatic heterocycles. The first-order chi connectivity index (χ1) is 10.5. The topological polar surface area (TPSA) is 55.4 Å². The minimum Gasteiger partial charge on any atom is -0.452 e. The van der Waals surface area contributed by atoms with Crippen molar-refractivity contribution in [3.63, 3.8) is 0 Å². The summed E-state index contributed by atoms with van der Waals surface area (Å²) in [7, 11) is 0. The van der Waals surface area contributed by atoms with Crippen molar-refractivity contribution in [1.29, 1.82) is 0 Å². The van der Waals surface area contributed by atoms with Crippen LogP contribution in [0.2, 0.25) is 10.0 Å². The number of nitrogens with one attached hydrogen (secondary N) is 1. The number of halogens is 2. The molecule has 1 aromatic carbocycles. The van der Waals surface area contributed by atoms with Crippen LogP contribution in [0.4, 0.5) is 0 Å². The van der Waals surface area contributed by atoms with Crippen LogP contribution in [0.1, 0.15) is 43.0 Å².